The number of benzene rings is 1. The largest absolute Gasteiger partial charge is 0.0661 e. The summed E-state index contributed by atoms with van der Waals surface area (Å²) in [6.07, 6.45) is 5.13. The summed E-state index contributed by atoms with van der Waals surface area (Å²) >= 11 is 0. The van der Waals surface area contributed by atoms with Crippen LogP contribution in [0.1, 0.15) is 58.9 Å². The third-order valence-corrected chi connectivity index (χ3v) is 3.96. The molecule has 0 unspecified atom stereocenters. The van der Waals surface area contributed by atoms with Gasteiger partial charge in [0, 0.05) is 0 Å². The van der Waals surface area contributed by atoms with Crippen LogP contribution in [-0.4, -0.2) is 0 Å². The minimum atomic E-state index is 0.464. The first-order chi connectivity index (χ1) is 8.48. The molecule has 1 aromatic carbocycles. The summed E-state index contributed by atoms with van der Waals surface area (Å²) in [5.74, 6) is 0.764. The summed E-state index contributed by atoms with van der Waals surface area (Å²) in [4.78, 5) is 0. The Morgan fingerprint density at radius 1 is 1.11 bits per heavy atom. The second-order valence-electron chi connectivity index (χ2n) is 6.89. The van der Waals surface area contributed by atoms with Gasteiger partial charge in [0.05, 0.1) is 0 Å². The highest BCUT2D eigenvalue weighted by Gasteiger charge is 2.27. The van der Waals surface area contributed by atoms with Crippen molar-refractivity contribution in [3.05, 3.63) is 41.5 Å². The third kappa shape index (κ3) is 3.25. The van der Waals surface area contributed by atoms with Crippen LogP contribution in [0.2, 0.25) is 0 Å². The molecule has 1 aliphatic carbocycles. The SMILES string of the molecule is CC(C)CC1=C(c2ccccc2)CC(C)(C)CC1. The molecule has 0 heterocycles. The molecule has 0 saturated heterocycles. The molecule has 0 amide bonds. The van der Waals surface area contributed by atoms with E-state index in [2.05, 4.69) is 58.0 Å². The van der Waals surface area contributed by atoms with Crippen molar-refractivity contribution in [1.29, 1.82) is 0 Å². The average molecular weight is 242 g/mol. The van der Waals surface area contributed by atoms with Gasteiger partial charge in [0.2, 0.25) is 0 Å². The van der Waals surface area contributed by atoms with Gasteiger partial charge in [-0.05, 0) is 48.2 Å². The number of hydrogen-bond acceptors (Lipinski definition) is 0. The Balaban J connectivity index is 2.37. The minimum Gasteiger partial charge on any atom is -0.0661 e. The maximum absolute atomic E-state index is 2.40. The first-order valence-electron chi connectivity index (χ1n) is 7.24. The molecule has 0 atom stereocenters. The number of rotatable bonds is 3. The lowest BCUT2D eigenvalue weighted by atomic mass is 9.71. The van der Waals surface area contributed by atoms with Crippen LogP contribution in [0.25, 0.3) is 5.57 Å². The van der Waals surface area contributed by atoms with Crippen molar-refractivity contribution >= 4 is 5.57 Å². The molecule has 18 heavy (non-hydrogen) atoms. The van der Waals surface area contributed by atoms with Crippen LogP contribution >= 0.6 is 0 Å². The van der Waals surface area contributed by atoms with Gasteiger partial charge in [-0.15, -0.1) is 0 Å². The molecular weight excluding hydrogens is 216 g/mol. The maximum Gasteiger partial charge on any atom is -0.0222 e. The Bertz CT molecular complexity index is 421. The predicted octanol–water partition coefficient (Wildman–Crippen LogP) is 5.70. The van der Waals surface area contributed by atoms with E-state index in [1.165, 1.54) is 31.2 Å². The van der Waals surface area contributed by atoms with Crippen molar-refractivity contribution < 1.29 is 0 Å². The highest BCUT2D eigenvalue weighted by molar-refractivity contribution is 5.70. The molecule has 2 rings (SSSR count). The van der Waals surface area contributed by atoms with Gasteiger partial charge >= 0.3 is 0 Å². The predicted molar refractivity (Wildman–Crippen MR) is 80.4 cm³/mol. The Morgan fingerprint density at radius 2 is 1.78 bits per heavy atom. The maximum atomic E-state index is 2.40. The van der Waals surface area contributed by atoms with Gasteiger partial charge in [0.25, 0.3) is 0 Å². The molecule has 0 aliphatic heterocycles. The van der Waals surface area contributed by atoms with Crippen molar-refractivity contribution in [2.45, 2.75) is 53.4 Å². The number of allylic oxidation sites excluding steroid dienone is 2. The van der Waals surface area contributed by atoms with E-state index >= 15 is 0 Å². The molecule has 0 fully saturated rings. The first-order valence-corrected chi connectivity index (χ1v) is 7.24. The summed E-state index contributed by atoms with van der Waals surface area (Å²) in [5.41, 5.74) is 5.24. The lowest BCUT2D eigenvalue weighted by Gasteiger charge is -2.34. The topological polar surface area (TPSA) is 0 Å². The smallest absolute Gasteiger partial charge is 0.0222 e. The molecule has 0 nitrogen and oxygen atoms in total. The lowest BCUT2D eigenvalue weighted by molar-refractivity contribution is 0.327. The summed E-state index contributed by atoms with van der Waals surface area (Å²) in [6.45, 7) is 9.47. The Labute approximate surface area is 112 Å². The normalized spacial score (nSPS) is 19.4. The summed E-state index contributed by atoms with van der Waals surface area (Å²) in [7, 11) is 0. The monoisotopic (exact) mass is 242 g/mol. The van der Waals surface area contributed by atoms with Gasteiger partial charge < -0.3 is 0 Å². The molecule has 0 saturated carbocycles. The summed E-state index contributed by atoms with van der Waals surface area (Å²) in [6, 6.07) is 11.0. The molecule has 98 valence electrons. The van der Waals surface area contributed by atoms with Gasteiger partial charge in [-0.3, -0.25) is 0 Å². The van der Waals surface area contributed by atoms with Crippen LogP contribution in [0.5, 0.6) is 0 Å². The molecule has 0 bridgehead atoms. The third-order valence-electron chi connectivity index (χ3n) is 3.96. The van der Waals surface area contributed by atoms with Gasteiger partial charge in [-0.1, -0.05) is 63.6 Å². The van der Waals surface area contributed by atoms with Crippen LogP contribution < -0.4 is 0 Å². The average Bonchev–Trinajstić information content (AvgIpc) is 2.32. The van der Waals surface area contributed by atoms with Crippen molar-refractivity contribution in [2.75, 3.05) is 0 Å². The minimum absolute atomic E-state index is 0.464. The summed E-state index contributed by atoms with van der Waals surface area (Å²) < 4.78 is 0. The van der Waals surface area contributed by atoms with Crippen molar-refractivity contribution in [1.82, 2.24) is 0 Å². The van der Waals surface area contributed by atoms with Crippen LogP contribution in [-0.2, 0) is 0 Å². The molecule has 0 aromatic heterocycles. The van der Waals surface area contributed by atoms with Crippen LogP contribution in [0.3, 0.4) is 0 Å². The van der Waals surface area contributed by atoms with E-state index in [1.54, 1.807) is 11.1 Å². The Morgan fingerprint density at radius 3 is 2.39 bits per heavy atom. The number of hydrogen-bond donors (Lipinski definition) is 0. The van der Waals surface area contributed by atoms with Gasteiger partial charge in [-0.2, -0.15) is 0 Å². The molecule has 0 spiro atoms. The Kier molecular flexibility index (Phi) is 3.94. The Hall–Kier alpha value is -1.04. The zero-order chi connectivity index (χ0) is 13.2. The highest BCUT2D eigenvalue weighted by atomic mass is 14.3. The van der Waals surface area contributed by atoms with Crippen LogP contribution in [0, 0.1) is 11.3 Å². The van der Waals surface area contributed by atoms with E-state index in [4.69, 9.17) is 0 Å². The fraction of sp³-hybridized carbons (Fsp3) is 0.556. The molecule has 0 heteroatoms. The first kappa shape index (κ1) is 13.4. The molecule has 0 N–H and O–H groups in total. The van der Waals surface area contributed by atoms with Crippen LogP contribution in [0.4, 0.5) is 0 Å². The van der Waals surface area contributed by atoms with E-state index in [0.29, 0.717) is 5.41 Å². The molecule has 0 radical (unpaired) electrons. The molecular formula is C18H26. The van der Waals surface area contributed by atoms with Crippen molar-refractivity contribution in [2.24, 2.45) is 11.3 Å². The van der Waals surface area contributed by atoms with E-state index < -0.39 is 0 Å². The fourth-order valence-electron chi connectivity index (χ4n) is 3.00. The van der Waals surface area contributed by atoms with Crippen LogP contribution in [0.15, 0.2) is 35.9 Å². The van der Waals surface area contributed by atoms with Crippen molar-refractivity contribution in [3.8, 4) is 0 Å². The molecule has 1 aromatic rings. The standard InChI is InChI=1S/C18H26/c1-14(2)12-16-10-11-18(3,4)13-17(16)15-8-6-5-7-9-15/h5-9,14H,10-13H2,1-4H3. The molecule has 1 aliphatic rings. The van der Waals surface area contributed by atoms with E-state index in [9.17, 15) is 0 Å². The van der Waals surface area contributed by atoms with Gasteiger partial charge in [-0.25, -0.2) is 0 Å². The van der Waals surface area contributed by atoms with E-state index in [1.807, 2.05) is 0 Å². The zero-order valence-electron chi connectivity index (χ0n) is 12.3. The van der Waals surface area contributed by atoms with Crippen molar-refractivity contribution in [3.63, 3.8) is 0 Å². The zero-order valence-corrected chi connectivity index (χ0v) is 12.3. The van der Waals surface area contributed by atoms with E-state index in [0.717, 1.165) is 5.92 Å². The van der Waals surface area contributed by atoms with Gasteiger partial charge in [0.15, 0.2) is 0 Å². The highest BCUT2D eigenvalue weighted by Crippen LogP contribution is 2.44. The second kappa shape index (κ2) is 5.30. The quantitative estimate of drug-likeness (QED) is 0.638. The lowest BCUT2D eigenvalue weighted by Crippen LogP contribution is -2.18. The second-order valence-corrected chi connectivity index (χ2v) is 6.89. The van der Waals surface area contributed by atoms with E-state index in [-0.39, 0.29) is 0 Å². The van der Waals surface area contributed by atoms with Gasteiger partial charge in [0.1, 0.15) is 0 Å². The fourth-order valence-corrected chi connectivity index (χ4v) is 3.00. The summed E-state index contributed by atoms with van der Waals surface area (Å²) in [5, 5.41) is 0.